The van der Waals surface area contributed by atoms with E-state index in [0.29, 0.717) is 49.6 Å². The van der Waals surface area contributed by atoms with Crippen molar-refractivity contribution in [3.8, 4) is 0 Å². The number of likely N-dealkylation sites (tertiary alicyclic amines) is 2. The summed E-state index contributed by atoms with van der Waals surface area (Å²) in [5.74, 6) is -0.0396. The molecule has 4 aromatic rings. The van der Waals surface area contributed by atoms with Crippen LogP contribution in [0.4, 0.5) is 10.2 Å². The zero-order valence-corrected chi connectivity index (χ0v) is 37.5. The van der Waals surface area contributed by atoms with E-state index in [9.17, 15) is 14.4 Å². The molecule has 5 fully saturated rings. The lowest BCUT2D eigenvalue weighted by molar-refractivity contribution is -0.139. The average molecular weight is 897 g/mol. The summed E-state index contributed by atoms with van der Waals surface area (Å²) in [4.78, 5) is 60.2. The fraction of sp³-hybridized carbons (Fsp3) is 0.571. The van der Waals surface area contributed by atoms with Gasteiger partial charge in [-0.1, -0.05) is 55.1 Å². The van der Waals surface area contributed by atoms with Crippen LogP contribution in [0.2, 0.25) is 5.02 Å². The molecule has 64 heavy (non-hydrogen) atoms. The van der Waals surface area contributed by atoms with Gasteiger partial charge in [0.05, 0.1) is 34.7 Å². The van der Waals surface area contributed by atoms with Gasteiger partial charge in [-0.05, 0) is 118 Å². The van der Waals surface area contributed by atoms with Crippen molar-refractivity contribution in [3.05, 3.63) is 88.6 Å². The number of carbonyl (C=O) groups excluding carboxylic acids is 3. The van der Waals surface area contributed by atoms with Gasteiger partial charge in [-0.3, -0.25) is 14.4 Å². The molecule has 5 N–H and O–H groups in total. The van der Waals surface area contributed by atoms with Crippen molar-refractivity contribution in [2.75, 3.05) is 50.7 Å². The maximum absolute atomic E-state index is 15.4. The molecule has 3 saturated heterocycles. The van der Waals surface area contributed by atoms with Crippen LogP contribution in [0, 0.1) is 11.7 Å². The number of piperidine rings is 3. The predicted octanol–water partition coefficient (Wildman–Crippen LogP) is 7.02. The molecule has 0 radical (unpaired) electrons. The van der Waals surface area contributed by atoms with E-state index in [-0.39, 0.29) is 47.5 Å². The number of nitrogens with one attached hydrogen (secondary N) is 3. The van der Waals surface area contributed by atoms with E-state index in [1.807, 2.05) is 41.4 Å². The minimum atomic E-state index is -1.000. The molecule has 2 aromatic heterocycles. The third-order valence-electron chi connectivity index (χ3n) is 14.7. The Hall–Kier alpha value is -4.63. The standard InChI is InChI=1S/C49H63ClFN9O4/c50-35-13-11-33(12-14-35)41(56-48(63)49(52)21-29-59(30-22-49)45-40-15-23-53-44(40)54-31-55-45)20-26-58-24-16-36(17-25-58)64-37-18-27-60(28-19-37)47(62)43(34-5-2-1-3-6-34)57-46(61)39-8-4-7-38(42(39)51)32-9-10-32/h4,7-8,11-15,23,31-32,34,36-37,41,43H,1-3,5-6,9-10,16-22,24-30,52H2,(H,56,63)(H,57,61)(H,53,54,55)/t41-,43+/m0/s1. The fourth-order valence-corrected chi connectivity index (χ4v) is 10.7. The van der Waals surface area contributed by atoms with Crippen LogP contribution in [-0.2, 0) is 14.3 Å². The SMILES string of the molecule is NC1(C(=O)N[C@@H](CCN2CCC(OC3CCN(C(=O)[C@H](NC(=O)c4cccc(C5CC5)c4F)C4CCCCC4)CC3)CC2)c2ccc(Cl)cc2)CCN(c2ncnc3[nH]ccc23)CC1. The first-order chi connectivity index (χ1) is 31.1. The molecule has 2 aromatic carbocycles. The fourth-order valence-electron chi connectivity index (χ4n) is 10.5. The van der Waals surface area contributed by atoms with Crippen molar-refractivity contribution >= 4 is 46.2 Å². The van der Waals surface area contributed by atoms with Crippen molar-refractivity contribution in [1.29, 1.82) is 0 Å². The highest BCUT2D eigenvalue weighted by Crippen LogP contribution is 2.42. The molecule has 0 spiro atoms. The molecule has 2 aliphatic carbocycles. The number of rotatable bonds is 14. The summed E-state index contributed by atoms with van der Waals surface area (Å²) in [7, 11) is 0. The molecule has 5 aliphatic rings. The number of aromatic amines is 1. The van der Waals surface area contributed by atoms with Gasteiger partial charge >= 0.3 is 0 Å². The molecular weight excluding hydrogens is 833 g/mol. The largest absolute Gasteiger partial charge is 0.375 e. The molecule has 2 saturated carbocycles. The predicted molar refractivity (Wildman–Crippen MR) is 246 cm³/mol. The third-order valence-corrected chi connectivity index (χ3v) is 14.9. The Bertz CT molecular complexity index is 2240. The molecule has 9 rings (SSSR count). The number of amides is 3. The van der Waals surface area contributed by atoms with Crippen molar-refractivity contribution in [3.63, 3.8) is 0 Å². The van der Waals surface area contributed by atoms with E-state index in [2.05, 4.69) is 35.4 Å². The number of carbonyl (C=O) groups is 3. The molecule has 3 amide bonds. The van der Waals surface area contributed by atoms with E-state index in [4.69, 9.17) is 22.1 Å². The minimum Gasteiger partial charge on any atom is -0.375 e. The van der Waals surface area contributed by atoms with Crippen molar-refractivity contribution in [2.45, 2.75) is 126 Å². The van der Waals surface area contributed by atoms with Crippen LogP contribution in [0.1, 0.15) is 123 Å². The van der Waals surface area contributed by atoms with Crippen LogP contribution in [0.5, 0.6) is 0 Å². The number of nitrogens with two attached hydrogens (primary N) is 1. The number of benzene rings is 2. The van der Waals surface area contributed by atoms with Gasteiger partial charge in [0.2, 0.25) is 11.8 Å². The van der Waals surface area contributed by atoms with Gasteiger partial charge in [0.25, 0.3) is 5.91 Å². The lowest BCUT2D eigenvalue weighted by Crippen LogP contribution is -2.60. The first kappa shape index (κ1) is 44.6. The van der Waals surface area contributed by atoms with Crippen molar-refractivity contribution in [2.24, 2.45) is 11.7 Å². The van der Waals surface area contributed by atoms with Crippen LogP contribution < -0.4 is 21.3 Å². The average Bonchev–Trinajstić information content (AvgIpc) is 4.05. The molecule has 2 atom stereocenters. The maximum atomic E-state index is 15.4. The zero-order chi connectivity index (χ0) is 44.2. The normalized spacial score (nSPS) is 21.4. The molecule has 5 heterocycles. The number of nitrogens with zero attached hydrogens (tertiary/aromatic N) is 5. The zero-order valence-electron chi connectivity index (χ0n) is 36.8. The van der Waals surface area contributed by atoms with Gasteiger partial charge < -0.3 is 40.8 Å². The number of fused-ring (bicyclic) bond motifs is 1. The Morgan fingerprint density at radius 3 is 2.27 bits per heavy atom. The number of halogens is 2. The van der Waals surface area contributed by atoms with Crippen LogP contribution in [0.15, 0.2) is 61.1 Å². The number of anilines is 1. The van der Waals surface area contributed by atoms with Gasteiger partial charge in [0.1, 0.15) is 29.7 Å². The minimum absolute atomic E-state index is 0.0374. The third kappa shape index (κ3) is 10.2. The Balaban J connectivity index is 0.743. The van der Waals surface area contributed by atoms with Crippen LogP contribution in [0.3, 0.4) is 0 Å². The highest BCUT2D eigenvalue weighted by molar-refractivity contribution is 6.30. The van der Waals surface area contributed by atoms with Gasteiger partial charge in [0, 0.05) is 57.0 Å². The molecular formula is C49H63ClFN9O4. The van der Waals surface area contributed by atoms with E-state index in [1.165, 1.54) is 6.07 Å². The summed E-state index contributed by atoms with van der Waals surface area (Å²) in [5, 5.41) is 7.97. The van der Waals surface area contributed by atoms with Crippen molar-refractivity contribution < 1.29 is 23.5 Å². The van der Waals surface area contributed by atoms with Gasteiger partial charge in [-0.2, -0.15) is 0 Å². The Morgan fingerprint density at radius 2 is 1.56 bits per heavy atom. The van der Waals surface area contributed by atoms with Crippen molar-refractivity contribution in [1.82, 2.24) is 35.4 Å². The number of hydrogen-bond donors (Lipinski definition) is 4. The Kier molecular flexibility index (Phi) is 13.8. The molecule has 342 valence electrons. The number of hydrogen-bond acceptors (Lipinski definition) is 9. The molecule has 13 nitrogen and oxygen atoms in total. The summed E-state index contributed by atoms with van der Waals surface area (Å²) in [6, 6.07) is 13.9. The monoisotopic (exact) mass is 895 g/mol. The molecule has 15 heteroatoms. The summed E-state index contributed by atoms with van der Waals surface area (Å²) < 4.78 is 22.1. The molecule has 0 bridgehead atoms. The summed E-state index contributed by atoms with van der Waals surface area (Å²) >= 11 is 6.27. The lowest BCUT2D eigenvalue weighted by atomic mass is 9.83. The van der Waals surface area contributed by atoms with Crippen LogP contribution in [0.25, 0.3) is 11.0 Å². The second kappa shape index (κ2) is 19.9. The lowest BCUT2D eigenvalue weighted by Gasteiger charge is -2.40. The summed E-state index contributed by atoms with van der Waals surface area (Å²) in [5.41, 5.74) is 8.30. The van der Waals surface area contributed by atoms with Gasteiger partial charge in [-0.15, -0.1) is 0 Å². The summed E-state index contributed by atoms with van der Waals surface area (Å²) in [6.45, 7) is 4.97. The smallest absolute Gasteiger partial charge is 0.254 e. The number of aromatic nitrogens is 3. The van der Waals surface area contributed by atoms with E-state index in [0.717, 1.165) is 119 Å². The Labute approximate surface area is 380 Å². The highest BCUT2D eigenvalue weighted by Gasteiger charge is 2.40. The van der Waals surface area contributed by atoms with E-state index < -0.39 is 23.3 Å². The van der Waals surface area contributed by atoms with E-state index >= 15 is 4.39 Å². The van der Waals surface area contributed by atoms with E-state index in [1.54, 1.807) is 18.5 Å². The summed E-state index contributed by atoms with van der Waals surface area (Å²) in [6.07, 6.45) is 15.5. The first-order valence-corrected chi connectivity index (χ1v) is 24.1. The van der Waals surface area contributed by atoms with Crippen LogP contribution in [-0.4, -0.2) is 112 Å². The van der Waals surface area contributed by atoms with Crippen LogP contribution >= 0.6 is 11.6 Å². The number of H-pyrrole nitrogens is 1. The second-order valence-corrected chi connectivity index (χ2v) is 19.4. The maximum Gasteiger partial charge on any atom is 0.254 e. The first-order valence-electron chi connectivity index (χ1n) is 23.8. The quantitative estimate of drug-likeness (QED) is 0.104. The highest BCUT2D eigenvalue weighted by atomic mass is 35.5. The second-order valence-electron chi connectivity index (χ2n) is 19.0. The molecule has 3 aliphatic heterocycles. The number of ether oxygens (including phenoxy) is 1. The van der Waals surface area contributed by atoms with Gasteiger partial charge in [-0.25, -0.2) is 14.4 Å². The van der Waals surface area contributed by atoms with Gasteiger partial charge in [0.15, 0.2) is 0 Å². The topological polar surface area (TPSA) is 162 Å². The molecule has 0 unspecified atom stereocenters. The Morgan fingerprint density at radius 1 is 0.859 bits per heavy atom.